The monoisotopic (exact) mass is 417 g/mol. The Labute approximate surface area is 160 Å². The van der Waals surface area contributed by atoms with Crippen LogP contribution < -0.4 is 4.90 Å². The molecule has 0 bridgehead atoms. The molecule has 24 heavy (non-hydrogen) atoms. The number of nitrogens with zero attached hydrogens (tertiary/aromatic N) is 1. The maximum absolute atomic E-state index is 13.0. The van der Waals surface area contributed by atoms with Gasteiger partial charge in [0.2, 0.25) is 0 Å². The summed E-state index contributed by atoms with van der Waals surface area (Å²) in [5.41, 5.74) is 5.06. The Morgan fingerprint density at radius 1 is 1.12 bits per heavy atom. The lowest BCUT2D eigenvalue weighted by Gasteiger charge is -2.17. The fourth-order valence-electron chi connectivity index (χ4n) is 2.69. The molecule has 0 aromatic heterocycles. The molecule has 2 aromatic carbocycles. The predicted octanol–water partition coefficient (Wildman–Crippen LogP) is 5.86. The largest absolute Gasteiger partial charge is 0.271 e. The van der Waals surface area contributed by atoms with E-state index in [-0.39, 0.29) is 5.91 Å². The molecule has 0 unspecified atom stereocenters. The van der Waals surface area contributed by atoms with E-state index in [1.165, 1.54) is 17.3 Å². The summed E-state index contributed by atoms with van der Waals surface area (Å²) in [5, 5.41) is 0. The van der Waals surface area contributed by atoms with Crippen molar-refractivity contribution in [1.29, 1.82) is 0 Å². The smallest absolute Gasteiger partial charge is 0.268 e. The number of thiocarbonyl (C=S) groups is 1. The molecule has 0 spiro atoms. The Hall–Kier alpha value is -1.43. The second kappa shape index (κ2) is 6.82. The maximum Gasteiger partial charge on any atom is 0.271 e. The first-order chi connectivity index (χ1) is 11.4. The summed E-state index contributed by atoms with van der Waals surface area (Å²) in [5.74, 6) is -0.0441. The summed E-state index contributed by atoms with van der Waals surface area (Å²) in [6.07, 6.45) is 0. The van der Waals surface area contributed by atoms with Crippen LogP contribution in [0.5, 0.6) is 0 Å². The van der Waals surface area contributed by atoms with E-state index in [0.717, 1.165) is 26.9 Å². The van der Waals surface area contributed by atoms with E-state index in [1.807, 2.05) is 57.2 Å². The van der Waals surface area contributed by atoms with Crippen molar-refractivity contribution in [1.82, 2.24) is 0 Å². The van der Waals surface area contributed by atoms with E-state index in [9.17, 15) is 4.79 Å². The number of halogens is 1. The van der Waals surface area contributed by atoms with Crippen LogP contribution in [0.3, 0.4) is 0 Å². The molecule has 122 valence electrons. The summed E-state index contributed by atoms with van der Waals surface area (Å²) in [6, 6.07) is 14.0. The minimum atomic E-state index is -0.0441. The van der Waals surface area contributed by atoms with Crippen LogP contribution >= 0.6 is 39.9 Å². The Balaban J connectivity index is 2.02. The number of hydrogen-bond acceptors (Lipinski definition) is 3. The normalized spacial score (nSPS) is 16.8. The highest BCUT2D eigenvalue weighted by atomic mass is 79.9. The minimum absolute atomic E-state index is 0.0441. The highest BCUT2D eigenvalue weighted by Crippen LogP contribution is 2.40. The molecule has 0 N–H and O–H groups in total. The van der Waals surface area contributed by atoms with Crippen LogP contribution in [0.2, 0.25) is 0 Å². The molecule has 5 heteroatoms. The predicted molar refractivity (Wildman–Crippen MR) is 110 cm³/mol. The molecule has 2 nitrogen and oxygen atoms in total. The van der Waals surface area contributed by atoms with Gasteiger partial charge in [0.1, 0.15) is 0 Å². The van der Waals surface area contributed by atoms with Crippen LogP contribution in [0, 0.1) is 13.8 Å². The SMILES string of the molecule is CC(=C1SC(=S)N(c2ccc(C)cc2C)C1=O)c1ccc(Br)cc1. The number of rotatable bonds is 2. The highest BCUT2D eigenvalue weighted by Gasteiger charge is 2.35. The van der Waals surface area contributed by atoms with Gasteiger partial charge in [0.25, 0.3) is 5.91 Å². The van der Waals surface area contributed by atoms with Gasteiger partial charge in [-0.25, -0.2) is 0 Å². The second-order valence-electron chi connectivity index (χ2n) is 5.76. The van der Waals surface area contributed by atoms with Crippen molar-refractivity contribution >= 4 is 61.4 Å². The molecule has 1 amide bonds. The first kappa shape index (κ1) is 17.4. The molecule has 1 aliphatic heterocycles. The third kappa shape index (κ3) is 3.21. The quantitative estimate of drug-likeness (QED) is 0.450. The van der Waals surface area contributed by atoms with Crippen molar-refractivity contribution in [3.63, 3.8) is 0 Å². The molecule has 0 radical (unpaired) electrons. The number of thioether (sulfide) groups is 1. The van der Waals surface area contributed by atoms with Gasteiger partial charge in [-0.15, -0.1) is 0 Å². The van der Waals surface area contributed by atoms with E-state index in [4.69, 9.17) is 12.2 Å². The van der Waals surface area contributed by atoms with Gasteiger partial charge in [-0.3, -0.25) is 9.69 Å². The van der Waals surface area contributed by atoms with Crippen LogP contribution in [-0.4, -0.2) is 10.2 Å². The summed E-state index contributed by atoms with van der Waals surface area (Å²) >= 11 is 10.3. The third-order valence-electron chi connectivity index (χ3n) is 3.98. The number of aryl methyl sites for hydroxylation is 2. The average molecular weight is 418 g/mol. The number of carbonyl (C=O) groups is 1. The fourth-order valence-corrected chi connectivity index (χ4v) is 4.29. The maximum atomic E-state index is 13.0. The van der Waals surface area contributed by atoms with Gasteiger partial charge in [-0.05, 0) is 55.7 Å². The lowest BCUT2D eigenvalue weighted by Crippen LogP contribution is -2.28. The number of amides is 1. The molecule has 1 saturated heterocycles. The Morgan fingerprint density at radius 3 is 2.42 bits per heavy atom. The highest BCUT2D eigenvalue weighted by molar-refractivity contribution is 9.10. The standard InChI is InChI=1S/C19H16BrNOS2/c1-11-4-9-16(12(2)10-11)21-18(22)17(24-19(21)23)13(3)14-5-7-15(20)8-6-14/h4-10H,1-3H3. The number of anilines is 1. The van der Waals surface area contributed by atoms with Gasteiger partial charge in [0.15, 0.2) is 4.32 Å². The average Bonchev–Trinajstić information content (AvgIpc) is 2.83. The van der Waals surface area contributed by atoms with Crippen molar-refractivity contribution in [2.24, 2.45) is 0 Å². The van der Waals surface area contributed by atoms with Crippen LogP contribution in [0.1, 0.15) is 23.6 Å². The number of allylic oxidation sites excluding steroid dienone is 1. The number of hydrogen-bond donors (Lipinski definition) is 0. The van der Waals surface area contributed by atoms with Crippen molar-refractivity contribution in [3.05, 3.63) is 68.5 Å². The molecule has 0 saturated carbocycles. The summed E-state index contributed by atoms with van der Waals surface area (Å²) in [7, 11) is 0. The third-order valence-corrected chi connectivity index (χ3v) is 5.98. The molecule has 0 atom stereocenters. The molecule has 1 heterocycles. The molecule has 0 aliphatic carbocycles. The van der Waals surface area contributed by atoms with Crippen LogP contribution in [0.4, 0.5) is 5.69 Å². The number of benzene rings is 2. The van der Waals surface area contributed by atoms with E-state index in [2.05, 4.69) is 22.0 Å². The van der Waals surface area contributed by atoms with Gasteiger partial charge in [0.05, 0.1) is 10.6 Å². The second-order valence-corrected chi connectivity index (χ2v) is 8.32. The summed E-state index contributed by atoms with van der Waals surface area (Å²) in [4.78, 5) is 15.3. The Bertz CT molecular complexity index is 871. The van der Waals surface area contributed by atoms with Gasteiger partial charge < -0.3 is 0 Å². The van der Waals surface area contributed by atoms with Crippen LogP contribution in [0.15, 0.2) is 51.8 Å². The molecular weight excluding hydrogens is 402 g/mol. The molecule has 3 rings (SSSR count). The first-order valence-electron chi connectivity index (χ1n) is 7.49. The molecule has 2 aromatic rings. The molecule has 1 aliphatic rings. The Morgan fingerprint density at radius 2 is 1.79 bits per heavy atom. The van der Waals surface area contributed by atoms with Crippen LogP contribution in [0.25, 0.3) is 5.57 Å². The zero-order valence-electron chi connectivity index (χ0n) is 13.6. The van der Waals surface area contributed by atoms with Gasteiger partial charge >= 0.3 is 0 Å². The van der Waals surface area contributed by atoms with Crippen molar-refractivity contribution in [2.75, 3.05) is 4.90 Å². The van der Waals surface area contributed by atoms with Crippen molar-refractivity contribution in [3.8, 4) is 0 Å². The fraction of sp³-hybridized carbons (Fsp3) is 0.158. The molecule has 1 fully saturated rings. The molecular formula is C19H16BrNOS2. The topological polar surface area (TPSA) is 20.3 Å². The number of carbonyl (C=O) groups excluding carboxylic acids is 1. The lowest BCUT2D eigenvalue weighted by atomic mass is 10.1. The lowest BCUT2D eigenvalue weighted by molar-refractivity contribution is -0.113. The van der Waals surface area contributed by atoms with E-state index in [0.29, 0.717) is 9.23 Å². The van der Waals surface area contributed by atoms with E-state index < -0.39 is 0 Å². The van der Waals surface area contributed by atoms with E-state index in [1.54, 1.807) is 4.90 Å². The van der Waals surface area contributed by atoms with Crippen LogP contribution in [-0.2, 0) is 4.79 Å². The summed E-state index contributed by atoms with van der Waals surface area (Å²) in [6.45, 7) is 6.02. The summed E-state index contributed by atoms with van der Waals surface area (Å²) < 4.78 is 1.60. The van der Waals surface area contributed by atoms with E-state index >= 15 is 0 Å². The van der Waals surface area contributed by atoms with Crippen molar-refractivity contribution < 1.29 is 4.79 Å². The first-order valence-corrected chi connectivity index (χ1v) is 9.50. The Kier molecular flexibility index (Phi) is 4.95. The zero-order chi connectivity index (χ0) is 17.4. The van der Waals surface area contributed by atoms with Crippen molar-refractivity contribution in [2.45, 2.75) is 20.8 Å². The van der Waals surface area contributed by atoms with Gasteiger partial charge in [-0.2, -0.15) is 0 Å². The minimum Gasteiger partial charge on any atom is -0.268 e. The zero-order valence-corrected chi connectivity index (χ0v) is 16.8. The van der Waals surface area contributed by atoms with Gasteiger partial charge in [0, 0.05) is 4.47 Å². The van der Waals surface area contributed by atoms with Gasteiger partial charge in [-0.1, -0.05) is 69.7 Å².